The zero-order valence-corrected chi connectivity index (χ0v) is 11.4. The third kappa shape index (κ3) is 3.44. The fourth-order valence-electron chi connectivity index (χ4n) is 1.84. The van der Waals surface area contributed by atoms with Gasteiger partial charge in [-0.1, -0.05) is 23.4 Å². The van der Waals surface area contributed by atoms with Crippen LogP contribution in [0.4, 0.5) is 13.2 Å². The van der Waals surface area contributed by atoms with E-state index in [9.17, 15) is 18.0 Å². The Morgan fingerprint density at radius 2 is 1.87 bits per heavy atom. The molecule has 0 aliphatic carbocycles. The van der Waals surface area contributed by atoms with Crippen molar-refractivity contribution in [2.45, 2.75) is 19.1 Å². The van der Waals surface area contributed by atoms with Gasteiger partial charge < -0.3 is 4.52 Å². The van der Waals surface area contributed by atoms with Gasteiger partial charge in [0, 0.05) is 0 Å². The van der Waals surface area contributed by atoms with E-state index in [4.69, 9.17) is 0 Å². The average molecular weight is 326 g/mol. The Morgan fingerprint density at radius 3 is 2.57 bits per heavy atom. The maximum absolute atomic E-state index is 12.2. The molecule has 3 aromatic rings. The summed E-state index contributed by atoms with van der Waals surface area (Å²) < 4.78 is 43.3. The summed E-state index contributed by atoms with van der Waals surface area (Å²) >= 11 is 0. The first-order valence-corrected chi connectivity index (χ1v) is 6.39. The molecule has 0 aliphatic heterocycles. The van der Waals surface area contributed by atoms with Gasteiger partial charge >= 0.3 is 11.9 Å². The van der Waals surface area contributed by atoms with Crippen molar-refractivity contribution in [3.63, 3.8) is 0 Å². The number of tetrazole rings is 1. The van der Waals surface area contributed by atoms with Gasteiger partial charge in [0.2, 0.25) is 5.89 Å². The molecule has 0 saturated carbocycles. The zero-order valence-electron chi connectivity index (χ0n) is 11.4. The van der Waals surface area contributed by atoms with E-state index in [0.29, 0.717) is 5.69 Å². The first-order valence-electron chi connectivity index (χ1n) is 6.39. The van der Waals surface area contributed by atoms with Crippen LogP contribution in [0.2, 0.25) is 0 Å². The van der Waals surface area contributed by atoms with Gasteiger partial charge in [0.25, 0.3) is 0 Å². The summed E-state index contributed by atoms with van der Waals surface area (Å²) in [7, 11) is 0. The third-order valence-electron chi connectivity index (χ3n) is 2.79. The Balaban J connectivity index is 1.80. The maximum atomic E-state index is 12.2. The maximum Gasteiger partial charge on any atom is 0.396 e. The highest BCUT2D eigenvalue weighted by Gasteiger charge is 2.30. The molecule has 1 aromatic carbocycles. The molecule has 120 valence electrons. The van der Waals surface area contributed by atoms with Crippen molar-refractivity contribution in [3.8, 4) is 5.69 Å². The van der Waals surface area contributed by atoms with Gasteiger partial charge in [-0.2, -0.15) is 27.5 Å². The van der Waals surface area contributed by atoms with Crippen molar-refractivity contribution in [1.82, 2.24) is 29.9 Å². The molecule has 2 heterocycles. The first kappa shape index (κ1) is 14.9. The van der Waals surface area contributed by atoms with E-state index in [0.717, 1.165) is 9.36 Å². The molecule has 0 radical (unpaired) electrons. The minimum atomic E-state index is -4.44. The van der Waals surface area contributed by atoms with Gasteiger partial charge in [0.1, 0.15) is 13.0 Å². The van der Waals surface area contributed by atoms with E-state index in [1.54, 1.807) is 30.3 Å². The van der Waals surface area contributed by atoms with Crippen LogP contribution in [0, 0.1) is 0 Å². The lowest BCUT2D eigenvalue weighted by molar-refractivity contribution is -0.128. The summed E-state index contributed by atoms with van der Waals surface area (Å²) in [5, 5.41) is 10.5. The number of benzene rings is 1. The summed E-state index contributed by atoms with van der Waals surface area (Å²) in [6.07, 6.45) is -5.74. The van der Waals surface area contributed by atoms with Crippen LogP contribution < -0.4 is 5.69 Å². The fraction of sp³-hybridized carbons (Fsp3) is 0.250. The van der Waals surface area contributed by atoms with Crippen molar-refractivity contribution in [2.24, 2.45) is 0 Å². The van der Waals surface area contributed by atoms with Gasteiger partial charge in [0.15, 0.2) is 5.82 Å². The second-order valence-corrected chi connectivity index (χ2v) is 4.56. The molecule has 11 heteroatoms. The smallest absolute Gasteiger partial charge is 0.337 e. The van der Waals surface area contributed by atoms with Gasteiger partial charge in [-0.05, 0) is 22.6 Å². The molecule has 0 N–H and O–H groups in total. The normalized spacial score (nSPS) is 11.8. The lowest BCUT2D eigenvalue weighted by atomic mass is 10.3. The van der Waals surface area contributed by atoms with E-state index < -0.39 is 24.1 Å². The number of aromatic nitrogens is 6. The highest BCUT2D eigenvalue weighted by atomic mass is 19.4. The second-order valence-electron chi connectivity index (χ2n) is 4.56. The summed E-state index contributed by atoms with van der Waals surface area (Å²) in [5.41, 5.74) is -0.0705. The summed E-state index contributed by atoms with van der Waals surface area (Å²) in [4.78, 5) is 15.7. The van der Waals surface area contributed by atoms with Crippen LogP contribution in [-0.4, -0.2) is 36.1 Å². The molecule has 0 spiro atoms. The van der Waals surface area contributed by atoms with Crippen LogP contribution >= 0.6 is 0 Å². The van der Waals surface area contributed by atoms with Crippen LogP contribution in [0.15, 0.2) is 39.6 Å². The molecule has 0 fully saturated rings. The van der Waals surface area contributed by atoms with E-state index >= 15 is 0 Å². The third-order valence-corrected chi connectivity index (χ3v) is 2.79. The Bertz CT molecular complexity index is 852. The highest BCUT2D eigenvalue weighted by Crippen LogP contribution is 2.19. The predicted octanol–water partition coefficient (Wildman–Crippen LogP) is 0.965. The Hall–Kier alpha value is -2.98. The van der Waals surface area contributed by atoms with E-state index in [-0.39, 0.29) is 12.4 Å². The van der Waals surface area contributed by atoms with Crippen LogP contribution in [0.5, 0.6) is 0 Å². The molecule has 0 aliphatic rings. The molecular formula is C12H9F3N6O2. The number of alkyl halides is 3. The minimum Gasteiger partial charge on any atom is -0.337 e. The largest absolute Gasteiger partial charge is 0.396 e. The van der Waals surface area contributed by atoms with E-state index in [2.05, 4.69) is 25.1 Å². The van der Waals surface area contributed by atoms with Crippen molar-refractivity contribution < 1.29 is 17.7 Å². The van der Waals surface area contributed by atoms with Crippen LogP contribution in [0.25, 0.3) is 5.69 Å². The van der Waals surface area contributed by atoms with Crippen molar-refractivity contribution in [3.05, 3.63) is 52.5 Å². The van der Waals surface area contributed by atoms with E-state index in [1.807, 2.05) is 0 Å². The van der Waals surface area contributed by atoms with Crippen molar-refractivity contribution in [1.29, 1.82) is 0 Å². The molecule has 0 atom stereocenters. The van der Waals surface area contributed by atoms with Gasteiger partial charge in [-0.25, -0.2) is 4.79 Å². The predicted molar refractivity (Wildman–Crippen MR) is 68.8 cm³/mol. The molecule has 0 unspecified atom stereocenters. The van der Waals surface area contributed by atoms with E-state index in [1.165, 1.54) is 0 Å². The second kappa shape index (κ2) is 5.66. The highest BCUT2D eigenvalue weighted by molar-refractivity contribution is 5.28. The SMILES string of the molecule is O=c1n(Cc2nc(CC(F)(F)F)no2)nnn1-c1ccccc1. The number of halogens is 3. The Kier molecular flexibility index (Phi) is 3.68. The molecule has 0 bridgehead atoms. The molecule has 0 amide bonds. The van der Waals surface area contributed by atoms with Crippen LogP contribution in [0.1, 0.15) is 11.7 Å². The average Bonchev–Trinajstić information content (AvgIpc) is 3.06. The summed E-state index contributed by atoms with van der Waals surface area (Å²) in [5.74, 6) is -0.664. The monoisotopic (exact) mass is 326 g/mol. The van der Waals surface area contributed by atoms with Crippen molar-refractivity contribution >= 4 is 0 Å². The standard InChI is InChI=1S/C12H9F3N6O2/c13-12(14,15)6-9-16-10(23-17-9)7-20-11(22)21(19-18-20)8-4-2-1-3-5-8/h1-5H,6-7H2. The molecule has 23 heavy (non-hydrogen) atoms. The van der Waals surface area contributed by atoms with Crippen molar-refractivity contribution in [2.75, 3.05) is 0 Å². The molecular weight excluding hydrogens is 317 g/mol. The zero-order chi connectivity index (χ0) is 16.4. The van der Waals surface area contributed by atoms with Crippen LogP contribution in [-0.2, 0) is 13.0 Å². The quantitative estimate of drug-likeness (QED) is 0.709. The first-order chi connectivity index (χ1) is 10.9. The Morgan fingerprint density at radius 1 is 1.13 bits per heavy atom. The number of hydrogen-bond acceptors (Lipinski definition) is 6. The number of hydrogen-bond donors (Lipinski definition) is 0. The van der Waals surface area contributed by atoms with Gasteiger partial charge in [-0.3, -0.25) is 0 Å². The molecule has 8 nitrogen and oxygen atoms in total. The topological polar surface area (TPSA) is 91.6 Å². The number of nitrogens with zero attached hydrogens (tertiary/aromatic N) is 6. The fourth-order valence-corrected chi connectivity index (χ4v) is 1.84. The summed E-state index contributed by atoms with van der Waals surface area (Å²) in [6.45, 7) is -0.267. The Labute approximate surface area is 126 Å². The molecule has 0 saturated heterocycles. The van der Waals surface area contributed by atoms with Gasteiger partial charge in [-0.15, -0.1) is 0 Å². The molecule has 2 aromatic heterocycles. The summed E-state index contributed by atoms with van der Waals surface area (Å²) in [6, 6.07) is 8.55. The lowest BCUT2D eigenvalue weighted by Gasteiger charge is -1.99. The van der Waals surface area contributed by atoms with Crippen LogP contribution in [0.3, 0.4) is 0 Å². The number of para-hydroxylation sites is 1. The minimum absolute atomic E-state index is 0.161. The lowest BCUT2D eigenvalue weighted by Crippen LogP contribution is -2.24. The molecule has 3 rings (SSSR count). The number of rotatable bonds is 4. The van der Waals surface area contributed by atoms with Gasteiger partial charge in [0.05, 0.1) is 5.69 Å².